The molecule has 14 heavy (non-hydrogen) atoms. The van der Waals surface area contributed by atoms with Crippen molar-refractivity contribution in [1.82, 2.24) is 10.6 Å². The maximum absolute atomic E-state index is 12.6. The van der Waals surface area contributed by atoms with Gasteiger partial charge in [-0.25, -0.2) is 4.39 Å². The van der Waals surface area contributed by atoms with Gasteiger partial charge in [-0.05, 0) is 18.6 Å². The molecule has 0 amide bonds. The van der Waals surface area contributed by atoms with Crippen LogP contribution in [-0.2, 0) is 0 Å². The first kappa shape index (κ1) is 9.06. The predicted molar refractivity (Wildman–Crippen MR) is 55.1 cm³/mol. The SMILES string of the molecule is CC1C=CC(C2C=CC(F)=CN2)=CN1. The molecule has 0 aromatic rings. The zero-order chi connectivity index (χ0) is 9.97. The Kier molecular flexibility index (Phi) is 2.39. The Bertz CT molecular complexity index is 339. The standard InChI is InChI=1S/C11H13FN2/c1-8-2-3-9(6-13-8)11-5-4-10(12)7-14-11/h2-8,11,13-14H,1H3. The van der Waals surface area contributed by atoms with E-state index in [1.54, 1.807) is 0 Å². The Morgan fingerprint density at radius 3 is 2.57 bits per heavy atom. The minimum atomic E-state index is -0.233. The lowest BCUT2D eigenvalue weighted by molar-refractivity contribution is 0.628. The minimum Gasteiger partial charge on any atom is -0.385 e. The summed E-state index contributed by atoms with van der Waals surface area (Å²) in [6.45, 7) is 2.08. The first-order valence-electron chi connectivity index (χ1n) is 4.70. The molecule has 3 heteroatoms. The fraction of sp³-hybridized carbons (Fsp3) is 0.273. The van der Waals surface area contributed by atoms with Crippen LogP contribution in [0.3, 0.4) is 0 Å². The van der Waals surface area contributed by atoms with Crippen LogP contribution in [0, 0.1) is 0 Å². The Hall–Kier alpha value is -1.51. The summed E-state index contributed by atoms with van der Waals surface area (Å²) in [7, 11) is 0. The molecule has 0 bridgehead atoms. The van der Waals surface area contributed by atoms with Gasteiger partial charge in [-0.1, -0.05) is 18.2 Å². The largest absolute Gasteiger partial charge is 0.385 e. The maximum Gasteiger partial charge on any atom is 0.138 e. The molecule has 0 saturated heterocycles. The van der Waals surface area contributed by atoms with E-state index in [0.717, 1.165) is 5.57 Å². The van der Waals surface area contributed by atoms with Crippen LogP contribution in [0.15, 0.2) is 48.1 Å². The lowest BCUT2D eigenvalue weighted by atomic mass is 10.0. The third-order valence-corrected chi connectivity index (χ3v) is 2.30. The molecule has 0 fully saturated rings. The highest BCUT2D eigenvalue weighted by Gasteiger charge is 2.13. The molecule has 0 aromatic heterocycles. The summed E-state index contributed by atoms with van der Waals surface area (Å²) >= 11 is 0. The third kappa shape index (κ3) is 1.87. The van der Waals surface area contributed by atoms with Crippen LogP contribution in [0.1, 0.15) is 6.92 Å². The van der Waals surface area contributed by atoms with Gasteiger partial charge in [0.15, 0.2) is 0 Å². The molecule has 0 saturated carbocycles. The first-order chi connectivity index (χ1) is 6.75. The second-order valence-corrected chi connectivity index (χ2v) is 3.49. The number of nitrogens with one attached hydrogen (secondary N) is 2. The summed E-state index contributed by atoms with van der Waals surface area (Å²) in [4.78, 5) is 0. The molecule has 0 spiro atoms. The van der Waals surface area contributed by atoms with Crippen LogP contribution in [0.2, 0.25) is 0 Å². The third-order valence-electron chi connectivity index (χ3n) is 2.30. The molecule has 2 nitrogen and oxygen atoms in total. The fourth-order valence-corrected chi connectivity index (χ4v) is 1.45. The van der Waals surface area contributed by atoms with Gasteiger partial charge >= 0.3 is 0 Å². The van der Waals surface area contributed by atoms with Crippen molar-refractivity contribution in [2.75, 3.05) is 0 Å². The van der Waals surface area contributed by atoms with Gasteiger partial charge in [0.1, 0.15) is 5.83 Å². The molecule has 0 aliphatic carbocycles. The van der Waals surface area contributed by atoms with Crippen LogP contribution in [-0.4, -0.2) is 12.1 Å². The Morgan fingerprint density at radius 1 is 1.14 bits per heavy atom. The highest BCUT2D eigenvalue weighted by atomic mass is 19.1. The first-order valence-corrected chi connectivity index (χ1v) is 4.70. The molecule has 74 valence electrons. The van der Waals surface area contributed by atoms with Gasteiger partial charge in [-0.15, -0.1) is 0 Å². The van der Waals surface area contributed by atoms with Gasteiger partial charge in [0.25, 0.3) is 0 Å². The number of rotatable bonds is 1. The van der Waals surface area contributed by atoms with Crippen molar-refractivity contribution in [1.29, 1.82) is 0 Å². The second-order valence-electron chi connectivity index (χ2n) is 3.49. The lowest BCUT2D eigenvalue weighted by Crippen LogP contribution is -2.30. The second kappa shape index (κ2) is 3.70. The quantitative estimate of drug-likeness (QED) is 0.661. The number of dihydropyridines is 2. The number of hydrogen-bond donors (Lipinski definition) is 2. The molecule has 2 aliphatic rings. The molecule has 2 unspecified atom stereocenters. The van der Waals surface area contributed by atoms with Crippen LogP contribution < -0.4 is 10.6 Å². The van der Waals surface area contributed by atoms with E-state index in [4.69, 9.17) is 0 Å². The van der Waals surface area contributed by atoms with E-state index in [1.165, 1.54) is 12.3 Å². The van der Waals surface area contributed by atoms with Gasteiger partial charge in [-0.2, -0.15) is 0 Å². The van der Waals surface area contributed by atoms with Gasteiger partial charge in [-0.3, -0.25) is 0 Å². The van der Waals surface area contributed by atoms with Crippen molar-refractivity contribution >= 4 is 0 Å². The van der Waals surface area contributed by atoms with Crippen molar-refractivity contribution in [3.63, 3.8) is 0 Å². The molecule has 2 aliphatic heterocycles. The van der Waals surface area contributed by atoms with Gasteiger partial charge in [0.05, 0.1) is 6.04 Å². The summed E-state index contributed by atoms with van der Waals surface area (Å²) in [6.07, 6.45) is 10.8. The van der Waals surface area contributed by atoms with E-state index < -0.39 is 0 Å². The van der Waals surface area contributed by atoms with Crippen LogP contribution in [0.4, 0.5) is 4.39 Å². The molecular formula is C11H13FN2. The van der Waals surface area contributed by atoms with Crippen molar-refractivity contribution in [3.05, 3.63) is 48.1 Å². The summed E-state index contributed by atoms with van der Waals surface area (Å²) in [5.74, 6) is -0.233. The van der Waals surface area contributed by atoms with Crippen LogP contribution in [0.25, 0.3) is 0 Å². The molecule has 2 rings (SSSR count). The monoisotopic (exact) mass is 192 g/mol. The maximum atomic E-state index is 12.6. The Morgan fingerprint density at radius 2 is 2.00 bits per heavy atom. The average Bonchev–Trinajstić information content (AvgIpc) is 2.21. The van der Waals surface area contributed by atoms with Crippen molar-refractivity contribution in [3.8, 4) is 0 Å². The van der Waals surface area contributed by atoms with Crippen molar-refractivity contribution < 1.29 is 4.39 Å². The Labute approximate surface area is 82.9 Å². The van der Waals surface area contributed by atoms with E-state index in [1.807, 2.05) is 12.3 Å². The van der Waals surface area contributed by atoms with E-state index in [-0.39, 0.29) is 11.9 Å². The Balaban J connectivity index is 2.05. The summed E-state index contributed by atoms with van der Waals surface area (Å²) in [5.41, 5.74) is 1.11. The van der Waals surface area contributed by atoms with Crippen molar-refractivity contribution in [2.24, 2.45) is 0 Å². The highest BCUT2D eigenvalue weighted by Crippen LogP contribution is 2.14. The van der Waals surface area contributed by atoms with Crippen molar-refractivity contribution in [2.45, 2.75) is 19.0 Å². The molecule has 0 aromatic carbocycles. The van der Waals surface area contributed by atoms with Gasteiger partial charge in [0, 0.05) is 18.4 Å². The van der Waals surface area contributed by atoms with Gasteiger partial charge < -0.3 is 10.6 Å². The zero-order valence-corrected chi connectivity index (χ0v) is 8.00. The number of halogens is 1. The summed E-state index contributed by atoms with van der Waals surface area (Å²) in [6, 6.07) is 0.448. The topological polar surface area (TPSA) is 24.1 Å². The van der Waals surface area contributed by atoms with E-state index >= 15 is 0 Å². The smallest absolute Gasteiger partial charge is 0.138 e. The lowest BCUT2D eigenvalue weighted by Gasteiger charge is -2.22. The summed E-state index contributed by atoms with van der Waals surface area (Å²) < 4.78 is 12.6. The van der Waals surface area contributed by atoms with Gasteiger partial charge in [0.2, 0.25) is 0 Å². The van der Waals surface area contributed by atoms with E-state index in [9.17, 15) is 4.39 Å². The summed E-state index contributed by atoms with van der Waals surface area (Å²) in [5, 5.41) is 6.17. The molecule has 2 heterocycles. The average molecular weight is 192 g/mol. The zero-order valence-electron chi connectivity index (χ0n) is 8.00. The predicted octanol–water partition coefficient (Wildman–Crippen LogP) is 1.76. The molecule has 0 radical (unpaired) electrons. The fourth-order valence-electron chi connectivity index (χ4n) is 1.45. The molecule has 2 N–H and O–H groups in total. The number of allylic oxidation sites excluding steroid dienone is 2. The highest BCUT2D eigenvalue weighted by molar-refractivity contribution is 5.36. The minimum absolute atomic E-state index is 0.0748. The van der Waals surface area contributed by atoms with Crippen LogP contribution >= 0.6 is 0 Å². The van der Waals surface area contributed by atoms with E-state index in [0.29, 0.717) is 6.04 Å². The van der Waals surface area contributed by atoms with E-state index in [2.05, 4.69) is 29.7 Å². The number of hydrogen-bond acceptors (Lipinski definition) is 2. The normalized spacial score (nSPS) is 30.1. The molecule has 2 atom stereocenters. The molecular weight excluding hydrogens is 179 g/mol. The van der Waals surface area contributed by atoms with Crippen LogP contribution in [0.5, 0.6) is 0 Å².